The third kappa shape index (κ3) is 3.93. The molecule has 0 aromatic carbocycles. The number of H-pyrrole nitrogens is 1. The van der Waals surface area contributed by atoms with Crippen LogP contribution in [-0.4, -0.2) is 58.5 Å². The summed E-state index contributed by atoms with van der Waals surface area (Å²) < 4.78 is 0. The fourth-order valence-corrected chi connectivity index (χ4v) is 3.51. The summed E-state index contributed by atoms with van der Waals surface area (Å²) in [5.41, 5.74) is 1.49. The topological polar surface area (TPSA) is 64.3 Å². The minimum absolute atomic E-state index is 0.0518. The number of likely N-dealkylation sites (N-methyl/N-ethyl adjacent to an activating group) is 1. The van der Waals surface area contributed by atoms with Gasteiger partial charge in [-0.15, -0.1) is 0 Å². The van der Waals surface area contributed by atoms with Crippen molar-refractivity contribution < 1.29 is 4.79 Å². The minimum Gasteiger partial charge on any atom is -0.347 e. The summed E-state index contributed by atoms with van der Waals surface area (Å²) in [5, 5.41) is 3.07. The quantitative estimate of drug-likeness (QED) is 0.819. The molecule has 0 unspecified atom stereocenters. The second-order valence-corrected chi connectivity index (χ2v) is 6.30. The number of aromatic amines is 1. The summed E-state index contributed by atoms with van der Waals surface area (Å²) in [6, 6.07) is 0.211. The van der Waals surface area contributed by atoms with Gasteiger partial charge in [0.1, 0.15) is 5.82 Å². The second-order valence-electron chi connectivity index (χ2n) is 6.30. The van der Waals surface area contributed by atoms with Crippen molar-refractivity contribution in [1.29, 1.82) is 0 Å². The van der Waals surface area contributed by atoms with Crippen molar-refractivity contribution in [3.05, 3.63) is 29.9 Å². The molecular formula is C17H27N5O. The lowest BCUT2D eigenvalue weighted by Gasteiger charge is -2.40. The Morgan fingerprint density at radius 1 is 1.48 bits per heavy atom. The van der Waals surface area contributed by atoms with Gasteiger partial charge in [0.15, 0.2) is 0 Å². The largest absolute Gasteiger partial charge is 0.347 e. The lowest BCUT2D eigenvalue weighted by atomic mass is 10.1. The molecular weight excluding hydrogens is 290 g/mol. The molecule has 6 heteroatoms. The number of carbonyl (C=O) groups excluding carboxylic acids is 1. The van der Waals surface area contributed by atoms with Crippen molar-refractivity contribution in [2.75, 3.05) is 32.7 Å². The summed E-state index contributed by atoms with van der Waals surface area (Å²) in [7, 11) is 0. The summed E-state index contributed by atoms with van der Waals surface area (Å²) >= 11 is 0. The number of urea groups is 1. The second kappa shape index (κ2) is 7.64. The monoisotopic (exact) mass is 317 g/mol. The Labute approximate surface area is 137 Å². The van der Waals surface area contributed by atoms with Crippen molar-refractivity contribution in [2.45, 2.75) is 38.6 Å². The number of nitrogens with zero attached hydrogens (tertiary/aromatic N) is 3. The summed E-state index contributed by atoms with van der Waals surface area (Å²) in [6.45, 7) is 6.22. The Bertz CT molecular complexity index is 539. The number of rotatable bonds is 5. The number of imidazole rings is 1. The minimum atomic E-state index is 0.0518. The highest BCUT2D eigenvalue weighted by molar-refractivity contribution is 5.74. The van der Waals surface area contributed by atoms with Crippen LogP contribution < -0.4 is 5.32 Å². The van der Waals surface area contributed by atoms with E-state index in [0.29, 0.717) is 6.54 Å². The molecule has 0 spiro atoms. The molecule has 1 fully saturated rings. The smallest absolute Gasteiger partial charge is 0.317 e. The average molecular weight is 317 g/mol. The van der Waals surface area contributed by atoms with Gasteiger partial charge in [0.05, 0.1) is 6.04 Å². The van der Waals surface area contributed by atoms with E-state index in [4.69, 9.17) is 0 Å². The lowest BCUT2D eigenvalue weighted by Crippen LogP contribution is -2.53. The number of hydrogen-bond donors (Lipinski definition) is 2. The predicted octanol–water partition coefficient (Wildman–Crippen LogP) is 2.30. The maximum Gasteiger partial charge on any atom is 0.317 e. The number of amides is 2. The average Bonchev–Trinajstić information content (AvgIpc) is 3.27. The third-order valence-electron chi connectivity index (χ3n) is 4.88. The first-order valence-corrected chi connectivity index (χ1v) is 8.72. The molecule has 3 rings (SSSR count). The van der Waals surface area contributed by atoms with Crippen molar-refractivity contribution >= 4 is 6.03 Å². The highest BCUT2D eigenvalue weighted by atomic mass is 16.2. The Morgan fingerprint density at radius 2 is 2.39 bits per heavy atom. The molecule has 6 nitrogen and oxygen atoms in total. The number of allylic oxidation sites excluding steroid dienone is 1. The SMILES string of the molecule is CCN1CCN(C(=O)NCCC2=CCCC2)C[C@@H]1c1ncc[nH]1. The number of carbonyl (C=O) groups is 1. The Balaban J connectivity index is 1.52. The number of hydrogen-bond acceptors (Lipinski definition) is 3. The van der Waals surface area contributed by atoms with Gasteiger partial charge in [-0.2, -0.15) is 0 Å². The van der Waals surface area contributed by atoms with E-state index in [-0.39, 0.29) is 12.1 Å². The highest BCUT2D eigenvalue weighted by Crippen LogP contribution is 2.23. The molecule has 1 aliphatic heterocycles. The van der Waals surface area contributed by atoms with Gasteiger partial charge in [0.2, 0.25) is 0 Å². The van der Waals surface area contributed by atoms with Gasteiger partial charge >= 0.3 is 6.03 Å². The van der Waals surface area contributed by atoms with Crippen LogP contribution in [0.2, 0.25) is 0 Å². The van der Waals surface area contributed by atoms with Crippen LogP contribution in [0.1, 0.15) is 44.5 Å². The van der Waals surface area contributed by atoms with Gasteiger partial charge in [-0.25, -0.2) is 9.78 Å². The van der Waals surface area contributed by atoms with E-state index in [0.717, 1.165) is 38.4 Å². The number of piperazine rings is 1. The van der Waals surface area contributed by atoms with E-state index in [1.165, 1.54) is 24.8 Å². The van der Waals surface area contributed by atoms with Crippen LogP contribution in [0.25, 0.3) is 0 Å². The third-order valence-corrected chi connectivity index (χ3v) is 4.88. The zero-order valence-corrected chi connectivity index (χ0v) is 13.9. The number of aromatic nitrogens is 2. The molecule has 2 aliphatic rings. The molecule has 2 amide bonds. The van der Waals surface area contributed by atoms with E-state index >= 15 is 0 Å². The van der Waals surface area contributed by atoms with Crippen molar-refractivity contribution in [3.63, 3.8) is 0 Å². The molecule has 0 saturated carbocycles. The first-order chi connectivity index (χ1) is 11.3. The van der Waals surface area contributed by atoms with Crippen molar-refractivity contribution in [2.24, 2.45) is 0 Å². The summed E-state index contributed by atoms with van der Waals surface area (Å²) in [6.07, 6.45) is 10.6. The van der Waals surface area contributed by atoms with Crippen LogP contribution >= 0.6 is 0 Å². The molecule has 126 valence electrons. The fraction of sp³-hybridized carbons (Fsp3) is 0.647. The molecule has 1 aliphatic carbocycles. The van der Waals surface area contributed by atoms with E-state index < -0.39 is 0 Å². The van der Waals surface area contributed by atoms with Crippen LogP contribution in [0.4, 0.5) is 4.79 Å². The van der Waals surface area contributed by atoms with Gasteiger partial charge in [0, 0.05) is 38.6 Å². The normalized spacial score (nSPS) is 22.2. The lowest BCUT2D eigenvalue weighted by molar-refractivity contribution is 0.0898. The molecule has 2 heterocycles. The Morgan fingerprint density at radius 3 is 3.09 bits per heavy atom. The van der Waals surface area contributed by atoms with Gasteiger partial charge in [0.25, 0.3) is 0 Å². The molecule has 1 aromatic rings. The van der Waals surface area contributed by atoms with Crippen LogP contribution in [0, 0.1) is 0 Å². The van der Waals surface area contributed by atoms with Crippen molar-refractivity contribution in [1.82, 2.24) is 25.1 Å². The summed E-state index contributed by atoms with van der Waals surface area (Å²) in [5.74, 6) is 0.945. The molecule has 0 radical (unpaired) electrons. The fourth-order valence-electron chi connectivity index (χ4n) is 3.51. The highest BCUT2D eigenvalue weighted by Gasteiger charge is 2.31. The Kier molecular flexibility index (Phi) is 5.33. The predicted molar refractivity (Wildman–Crippen MR) is 90.1 cm³/mol. The summed E-state index contributed by atoms with van der Waals surface area (Å²) in [4.78, 5) is 24.3. The van der Waals surface area contributed by atoms with E-state index in [9.17, 15) is 4.79 Å². The standard InChI is InChI=1S/C17H27N5O/c1-2-21-11-12-22(13-15(21)16-18-9-10-19-16)17(23)20-8-7-14-5-3-4-6-14/h5,9-10,15H,2-4,6-8,11-13H2,1H3,(H,18,19)(H,20,23)/t15-/m1/s1. The van der Waals surface area contributed by atoms with Gasteiger partial charge < -0.3 is 15.2 Å². The zero-order chi connectivity index (χ0) is 16.1. The van der Waals surface area contributed by atoms with Gasteiger partial charge in [-0.3, -0.25) is 4.90 Å². The molecule has 1 atom stereocenters. The first-order valence-electron chi connectivity index (χ1n) is 8.72. The first kappa shape index (κ1) is 16.1. The molecule has 0 bridgehead atoms. The molecule has 1 aromatic heterocycles. The van der Waals surface area contributed by atoms with E-state index in [1.54, 1.807) is 6.20 Å². The van der Waals surface area contributed by atoms with Crippen LogP contribution in [0.15, 0.2) is 24.0 Å². The van der Waals surface area contributed by atoms with Crippen LogP contribution in [0.5, 0.6) is 0 Å². The van der Waals surface area contributed by atoms with Crippen LogP contribution in [-0.2, 0) is 0 Å². The number of nitrogens with one attached hydrogen (secondary N) is 2. The zero-order valence-electron chi connectivity index (χ0n) is 13.9. The van der Waals surface area contributed by atoms with E-state index in [2.05, 4.69) is 33.2 Å². The van der Waals surface area contributed by atoms with E-state index in [1.807, 2.05) is 11.1 Å². The molecule has 23 heavy (non-hydrogen) atoms. The van der Waals surface area contributed by atoms with Gasteiger partial charge in [-0.05, 0) is 32.2 Å². The molecule has 1 saturated heterocycles. The van der Waals surface area contributed by atoms with Crippen molar-refractivity contribution in [3.8, 4) is 0 Å². The maximum atomic E-state index is 12.4. The maximum absolute atomic E-state index is 12.4. The molecule has 2 N–H and O–H groups in total. The Hall–Kier alpha value is -1.82. The van der Waals surface area contributed by atoms with Gasteiger partial charge in [-0.1, -0.05) is 18.6 Å². The van der Waals surface area contributed by atoms with Crippen LogP contribution in [0.3, 0.4) is 0 Å².